The fraction of sp³-hybridized carbons (Fsp3) is 0.500. The third-order valence-electron chi connectivity index (χ3n) is 2.64. The Morgan fingerprint density at radius 2 is 2.27 bits per heavy atom. The number of rotatable bonds is 4. The summed E-state index contributed by atoms with van der Waals surface area (Å²) >= 11 is 0. The van der Waals surface area contributed by atoms with Crippen molar-refractivity contribution in [2.75, 3.05) is 18.9 Å². The number of nitrogens with two attached hydrogens (primary N) is 1. The van der Waals surface area contributed by atoms with Crippen molar-refractivity contribution < 1.29 is 9.47 Å². The summed E-state index contributed by atoms with van der Waals surface area (Å²) in [6.45, 7) is 2.13. The maximum absolute atomic E-state index is 5.80. The van der Waals surface area contributed by atoms with Crippen molar-refractivity contribution in [3.63, 3.8) is 0 Å². The molecule has 0 amide bonds. The molecule has 1 aliphatic rings. The number of anilines is 1. The predicted molar refractivity (Wildman–Crippen MR) is 59.5 cm³/mol. The summed E-state index contributed by atoms with van der Waals surface area (Å²) in [5.74, 6) is 0. The van der Waals surface area contributed by atoms with Gasteiger partial charge < -0.3 is 15.2 Å². The maximum Gasteiger partial charge on any atom is 0.0809 e. The van der Waals surface area contributed by atoms with Crippen molar-refractivity contribution in [3.05, 3.63) is 29.8 Å². The monoisotopic (exact) mass is 207 g/mol. The zero-order chi connectivity index (χ0) is 10.5. The minimum atomic E-state index is 0.287. The van der Waals surface area contributed by atoms with Gasteiger partial charge in [0, 0.05) is 17.9 Å². The highest BCUT2D eigenvalue weighted by molar-refractivity contribution is 5.45. The molecular weight excluding hydrogens is 190 g/mol. The molecule has 1 aromatic rings. The SMILES string of the molecule is Nc1ccccc1COCC1CCCO1. The molecule has 0 saturated carbocycles. The molecule has 2 rings (SSSR count). The molecule has 1 fully saturated rings. The third-order valence-corrected chi connectivity index (χ3v) is 2.64. The molecule has 1 aliphatic heterocycles. The molecule has 1 saturated heterocycles. The first kappa shape index (κ1) is 10.5. The summed E-state index contributed by atoms with van der Waals surface area (Å²) in [5.41, 5.74) is 7.65. The largest absolute Gasteiger partial charge is 0.398 e. The Kier molecular flexibility index (Phi) is 3.59. The Labute approximate surface area is 90.2 Å². The highest BCUT2D eigenvalue weighted by Crippen LogP contribution is 2.15. The summed E-state index contributed by atoms with van der Waals surface area (Å²) in [6.07, 6.45) is 2.56. The van der Waals surface area contributed by atoms with E-state index < -0.39 is 0 Å². The molecule has 0 aromatic heterocycles. The van der Waals surface area contributed by atoms with Crippen LogP contribution in [0.15, 0.2) is 24.3 Å². The van der Waals surface area contributed by atoms with Crippen LogP contribution in [0.25, 0.3) is 0 Å². The van der Waals surface area contributed by atoms with E-state index in [4.69, 9.17) is 15.2 Å². The van der Waals surface area contributed by atoms with E-state index in [2.05, 4.69) is 0 Å². The molecule has 1 aromatic carbocycles. The lowest BCUT2D eigenvalue weighted by molar-refractivity contribution is 0.0107. The summed E-state index contributed by atoms with van der Waals surface area (Å²) in [4.78, 5) is 0. The van der Waals surface area contributed by atoms with E-state index in [1.165, 1.54) is 0 Å². The first-order valence-electron chi connectivity index (χ1n) is 5.39. The summed E-state index contributed by atoms with van der Waals surface area (Å²) < 4.78 is 11.0. The molecular formula is C12H17NO2. The average molecular weight is 207 g/mol. The molecule has 2 N–H and O–H groups in total. The van der Waals surface area contributed by atoms with Gasteiger partial charge in [0.15, 0.2) is 0 Å². The Bertz CT molecular complexity index is 308. The van der Waals surface area contributed by atoms with Crippen molar-refractivity contribution in [2.24, 2.45) is 0 Å². The zero-order valence-electron chi connectivity index (χ0n) is 8.82. The summed E-state index contributed by atoms with van der Waals surface area (Å²) in [6, 6.07) is 7.79. The van der Waals surface area contributed by atoms with Gasteiger partial charge in [0.2, 0.25) is 0 Å². The highest BCUT2D eigenvalue weighted by Gasteiger charge is 2.15. The van der Waals surface area contributed by atoms with Crippen LogP contribution in [0.2, 0.25) is 0 Å². The Hall–Kier alpha value is -1.06. The van der Waals surface area contributed by atoms with Gasteiger partial charge in [-0.25, -0.2) is 0 Å². The van der Waals surface area contributed by atoms with E-state index in [-0.39, 0.29) is 6.10 Å². The lowest BCUT2D eigenvalue weighted by Crippen LogP contribution is -2.14. The van der Waals surface area contributed by atoms with E-state index in [0.717, 1.165) is 30.7 Å². The topological polar surface area (TPSA) is 44.5 Å². The van der Waals surface area contributed by atoms with Crippen LogP contribution in [0.5, 0.6) is 0 Å². The molecule has 82 valence electrons. The summed E-state index contributed by atoms with van der Waals surface area (Å²) in [5, 5.41) is 0. The second-order valence-corrected chi connectivity index (χ2v) is 3.85. The first-order valence-corrected chi connectivity index (χ1v) is 5.39. The molecule has 1 atom stereocenters. The van der Waals surface area contributed by atoms with Crippen molar-refractivity contribution in [2.45, 2.75) is 25.6 Å². The van der Waals surface area contributed by atoms with Crippen LogP contribution in [0, 0.1) is 0 Å². The van der Waals surface area contributed by atoms with Gasteiger partial charge in [-0.15, -0.1) is 0 Å². The van der Waals surface area contributed by atoms with Crippen LogP contribution in [0.3, 0.4) is 0 Å². The number of ether oxygens (including phenoxy) is 2. The summed E-state index contributed by atoms with van der Waals surface area (Å²) in [7, 11) is 0. The van der Waals surface area contributed by atoms with Gasteiger partial charge in [0.05, 0.1) is 19.3 Å². The van der Waals surface area contributed by atoms with E-state index in [1.54, 1.807) is 0 Å². The fourth-order valence-corrected chi connectivity index (χ4v) is 1.74. The third kappa shape index (κ3) is 2.94. The van der Waals surface area contributed by atoms with Crippen molar-refractivity contribution in [1.82, 2.24) is 0 Å². The Morgan fingerprint density at radius 1 is 1.40 bits per heavy atom. The number of hydrogen-bond acceptors (Lipinski definition) is 3. The molecule has 3 nitrogen and oxygen atoms in total. The molecule has 1 heterocycles. The Balaban J connectivity index is 1.75. The number of nitrogen functional groups attached to an aromatic ring is 1. The van der Waals surface area contributed by atoms with Gasteiger partial charge in [0.1, 0.15) is 0 Å². The predicted octanol–water partition coefficient (Wildman–Crippen LogP) is 1.96. The van der Waals surface area contributed by atoms with Crippen LogP contribution in [0.1, 0.15) is 18.4 Å². The lowest BCUT2D eigenvalue weighted by atomic mass is 10.2. The average Bonchev–Trinajstić information content (AvgIpc) is 2.74. The van der Waals surface area contributed by atoms with E-state index >= 15 is 0 Å². The van der Waals surface area contributed by atoms with Gasteiger partial charge >= 0.3 is 0 Å². The fourth-order valence-electron chi connectivity index (χ4n) is 1.74. The van der Waals surface area contributed by atoms with Gasteiger partial charge in [-0.3, -0.25) is 0 Å². The number of hydrogen-bond donors (Lipinski definition) is 1. The van der Waals surface area contributed by atoms with Crippen LogP contribution in [-0.4, -0.2) is 19.3 Å². The second-order valence-electron chi connectivity index (χ2n) is 3.85. The van der Waals surface area contributed by atoms with Crippen LogP contribution in [-0.2, 0) is 16.1 Å². The first-order chi connectivity index (χ1) is 7.36. The Morgan fingerprint density at radius 3 is 3.00 bits per heavy atom. The molecule has 0 bridgehead atoms. The van der Waals surface area contributed by atoms with Gasteiger partial charge in [-0.1, -0.05) is 18.2 Å². The van der Waals surface area contributed by atoms with E-state index in [9.17, 15) is 0 Å². The minimum absolute atomic E-state index is 0.287. The van der Waals surface area contributed by atoms with Gasteiger partial charge in [-0.05, 0) is 18.9 Å². The number of benzene rings is 1. The van der Waals surface area contributed by atoms with Crippen molar-refractivity contribution in [3.8, 4) is 0 Å². The van der Waals surface area contributed by atoms with Gasteiger partial charge in [0.25, 0.3) is 0 Å². The van der Waals surface area contributed by atoms with Crippen LogP contribution < -0.4 is 5.73 Å². The van der Waals surface area contributed by atoms with Crippen LogP contribution >= 0.6 is 0 Å². The van der Waals surface area contributed by atoms with Crippen molar-refractivity contribution >= 4 is 5.69 Å². The standard InChI is InChI=1S/C12H17NO2/c13-12-6-2-1-4-10(12)8-14-9-11-5-3-7-15-11/h1-2,4,6,11H,3,5,7-9,13H2. The normalized spacial score (nSPS) is 20.7. The molecule has 15 heavy (non-hydrogen) atoms. The molecule has 0 radical (unpaired) electrons. The van der Waals surface area contributed by atoms with E-state index in [0.29, 0.717) is 13.2 Å². The highest BCUT2D eigenvalue weighted by atomic mass is 16.5. The minimum Gasteiger partial charge on any atom is -0.398 e. The van der Waals surface area contributed by atoms with Crippen LogP contribution in [0.4, 0.5) is 5.69 Å². The molecule has 0 spiro atoms. The molecule has 1 unspecified atom stereocenters. The quantitative estimate of drug-likeness (QED) is 0.768. The van der Waals surface area contributed by atoms with E-state index in [1.807, 2.05) is 24.3 Å². The van der Waals surface area contributed by atoms with Crippen molar-refractivity contribution in [1.29, 1.82) is 0 Å². The maximum atomic E-state index is 5.80. The molecule has 0 aliphatic carbocycles. The second kappa shape index (κ2) is 5.14. The number of para-hydroxylation sites is 1. The molecule has 3 heteroatoms. The zero-order valence-corrected chi connectivity index (χ0v) is 8.82. The lowest BCUT2D eigenvalue weighted by Gasteiger charge is -2.11. The smallest absolute Gasteiger partial charge is 0.0809 e. The van der Waals surface area contributed by atoms with Gasteiger partial charge in [-0.2, -0.15) is 0 Å².